The number of halogens is 2. The second-order valence-electron chi connectivity index (χ2n) is 5.95. The summed E-state index contributed by atoms with van der Waals surface area (Å²) in [5.74, 6) is -0.261. The van der Waals surface area contributed by atoms with Crippen LogP contribution in [-0.4, -0.2) is 33.9 Å². The number of sulfone groups is 1. The van der Waals surface area contributed by atoms with Crippen molar-refractivity contribution in [1.29, 1.82) is 0 Å². The fraction of sp³-hybridized carbons (Fsp3) is 0.538. The number of aryl methyl sites for hydroxylation is 1. The molecule has 1 aromatic rings. The summed E-state index contributed by atoms with van der Waals surface area (Å²) in [5, 5.41) is 0.394. The lowest BCUT2D eigenvalue weighted by Gasteiger charge is -2.25. The Bertz CT molecular complexity index is 808. The van der Waals surface area contributed by atoms with Crippen molar-refractivity contribution in [3.05, 3.63) is 27.2 Å². The minimum absolute atomic E-state index is 0.0344. The lowest BCUT2D eigenvalue weighted by Crippen LogP contribution is -2.47. The zero-order valence-corrected chi connectivity index (χ0v) is 15.5. The average Bonchev–Trinajstić information content (AvgIpc) is 2.59. The fourth-order valence-corrected chi connectivity index (χ4v) is 7.43. The standard InChI is InChI=1S/C13H17Cl2NO4S2/c1-8-6-10(14)9(2)12(11(8)15)22(19,20)16-13(3)4-5-21(17,18)7-13/h6,16H,4-5,7H2,1-3H3/t13-/m1/s1. The van der Waals surface area contributed by atoms with Crippen LogP contribution in [0.2, 0.25) is 10.0 Å². The Labute approximate surface area is 141 Å². The highest BCUT2D eigenvalue weighted by atomic mass is 35.5. The average molecular weight is 386 g/mol. The molecule has 0 spiro atoms. The van der Waals surface area contributed by atoms with E-state index in [1.807, 2.05) is 0 Å². The van der Waals surface area contributed by atoms with Gasteiger partial charge in [-0.3, -0.25) is 0 Å². The molecule has 22 heavy (non-hydrogen) atoms. The van der Waals surface area contributed by atoms with Crippen LogP contribution in [0.25, 0.3) is 0 Å². The molecular formula is C13H17Cl2NO4S2. The van der Waals surface area contributed by atoms with Crippen LogP contribution in [0.4, 0.5) is 0 Å². The summed E-state index contributed by atoms with van der Waals surface area (Å²) >= 11 is 12.2. The van der Waals surface area contributed by atoms with Crippen molar-refractivity contribution in [2.45, 2.75) is 37.6 Å². The van der Waals surface area contributed by atoms with Gasteiger partial charge in [0.25, 0.3) is 0 Å². The van der Waals surface area contributed by atoms with Gasteiger partial charge in [0.05, 0.1) is 16.5 Å². The first kappa shape index (κ1) is 18.0. The first-order valence-electron chi connectivity index (χ1n) is 6.56. The Balaban J connectivity index is 2.49. The molecule has 1 heterocycles. The van der Waals surface area contributed by atoms with Crippen LogP contribution in [0.5, 0.6) is 0 Å². The second-order valence-corrected chi connectivity index (χ2v) is 10.5. The van der Waals surface area contributed by atoms with E-state index in [2.05, 4.69) is 4.72 Å². The molecule has 0 unspecified atom stereocenters. The van der Waals surface area contributed by atoms with Gasteiger partial charge in [-0.1, -0.05) is 23.2 Å². The van der Waals surface area contributed by atoms with Gasteiger partial charge in [-0.05, 0) is 44.4 Å². The summed E-state index contributed by atoms with van der Waals surface area (Å²) in [5.41, 5.74) is -0.153. The highest BCUT2D eigenvalue weighted by Crippen LogP contribution is 2.35. The van der Waals surface area contributed by atoms with Gasteiger partial charge in [-0.2, -0.15) is 0 Å². The molecule has 9 heteroatoms. The van der Waals surface area contributed by atoms with Gasteiger partial charge in [0.15, 0.2) is 9.84 Å². The van der Waals surface area contributed by atoms with E-state index in [1.165, 1.54) is 0 Å². The van der Waals surface area contributed by atoms with Gasteiger partial charge in [-0.25, -0.2) is 21.6 Å². The van der Waals surface area contributed by atoms with E-state index >= 15 is 0 Å². The molecule has 2 rings (SSSR count). The van der Waals surface area contributed by atoms with Crippen molar-refractivity contribution < 1.29 is 16.8 Å². The number of benzene rings is 1. The summed E-state index contributed by atoms with van der Waals surface area (Å²) in [6, 6.07) is 1.60. The van der Waals surface area contributed by atoms with E-state index in [-0.39, 0.29) is 27.8 Å². The molecule has 1 aromatic carbocycles. The molecular weight excluding hydrogens is 369 g/mol. The third-order valence-electron chi connectivity index (χ3n) is 3.74. The lowest BCUT2D eigenvalue weighted by atomic mass is 10.0. The zero-order valence-electron chi connectivity index (χ0n) is 12.4. The molecule has 0 saturated carbocycles. The molecule has 0 amide bonds. The number of hydrogen-bond donors (Lipinski definition) is 1. The Morgan fingerprint density at radius 3 is 2.36 bits per heavy atom. The molecule has 0 radical (unpaired) electrons. The molecule has 1 N–H and O–H groups in total. The molecule has 0 aliphatic carbocycles. The molecule has 0 bridgehead atoms. The first-order chi connectivity index (χ1) is 9.87. The summed E-state index contributed by atoms with van der Waals surface area (Å²) < 4.78 is 51.1. The Kier molecular flexibility index (Phi) is 4.61. The lowest BCUT2D eigenvalue weighted by molar-refractivity contribution is 0.461. The SMILES string of the molecule is Cc1cc(Cl)c(C)c(S(=O)(=O)N[C@]2(C)CCS(=O)(=O)C2)c1Cl. The highest BCUT2D eigenvalue weighted by molar-refractivity contribution is 7.92. The molecule has 0 aromatic heterocycles. The molecule has 1 atom stereocenters. The maximum atomic E-state index is 12.7. The van der Waals surface area contributed by atoms with Crippen molar-refractivity contribution in [2.24, 2.45) is 0 Å². The Morgan fingerprint density at radius 2 is 1.86 bits per heavy atom. The maximum absolute atomic E-state index is 12.7. The molecule has 1 aliphatic rings. The summed E-state index contributed by atoms with van der Waals surface area (Å²) in [6.45, 7) is 4.81. The predicted octanol–water partition coefficient (Wildman–Crippen LogP) is 2.47. The smallest absolute Gasteiger partial charge is 0.229 e. The van der Waals surface area contributed by atoms with Crippen molar-refractivity contribution >= 4 is 43.1 Å². The van der Waals surface area contributed by atoms with Crippen molar-refractivity contribution in [1.82, 2.24) is 4.72 Å². The van der Waals surface area contributed by atoms with Crippen LogP contribution in [0.15, 0.2) is 11.0 Å². The van der Waals surface area contributed by atoms with Gasteiger partial charge in [-0.15, -0.1) is 0 Å². The van der Waals surface area contributed by atoms with E-state index in [0.29, 0.717) is 16.1 Å². The quantitative estimate of drug-likeness (QED) is 0.866. The second kappa shape index (κ2) is 5.63. The van der Waals surface area contributed by atoms with Crippen molar-refractivity contribution in [3.8, 4) is 0 Å². The number of rotatable bonds is 3. The zero-order chi connectivity index (χ0) is 16.9. The van der Waals surface area contributed by atoms with E-state index < -0.39 is 25.4 Å². The summed E-state index contributed by atoms with van der Waals surface area (Å²) in [4.78, 5) is -0.0929. The van der Waals surface area contributed by atoms with Gasteiger partial charge < -0.3 is 0 Å². The van der Waals surface area contributed by atoms with Crippen LogP contribution >= 0.6 is 23.2 Å². The maximum Gasteiger partial charge on any atom is 0.242 e. The molecule has 1 fully saturated rings. The molecule has 1 saturated heterocycles. The third kappa shape index (κ3) is 3.43. The van der Waals surface area contributed by atoms with Crippen LogP contribution < -0.4 is 4.72 Å². The third-order valence-corrected chi connectivity index (χ3v) is 8.44. The van der Waals surface area contributed by atoms with Gasteiger partial charge in [0, 0.05) is 10.6 Å². The van der Waals surface area contributed by atoms with E-state index in [9.17, 15) is 16.8 Å². The van der Waals surface area contributed by atoms with Gasteiger partial charge >= 0.3 is 0 Å². The van der Waals surface area contributed by atoms with Crippen LogP contribution in [0.3, 0.4) is 0 Å². The first-order valence-corrected chi connectivity index (χ1v) is 10.6. The molecule has 124 valence electrons. The number of sulfonamides is 1. The molecule has 5 nitrogen and oxygen atoms in total. The fourth-order valence-electron chi connectivity index (χ4n) is 2.60. The predicted molar refractivity (Wildman–Crippen MR) is 87.9 cm³/mol. The highest BCUT2D eigenvalue weighted by Gasteiger charge is 2.42. The summed E-state index contributed by atoms with van der Waals surface area (Å²) in [6.07, 6.45) is 0.227. The summed E-state index contributed by atoms with van der Waals surface area (Å²) in [7, 11) is -7.22. The van der Waals surface area contributed by atoms with Crippen molar-refractivity contribution in [2.75, 3.05) is 11.5 Å². The minimum atomic E-state index is -3.99. The van der Waals surface area contributed by atoms with Crippen LogP contribution in [-0.2, 0) is 19.9 Å². The van der Waals surface area contributed by atoms with E-state index in [0.717, 1.165) is 0 Å². The monoisotopic (exact) mass is 385 g/mol. The Morgan fingerprint density at radius 1 is 1.27 bits per heavy atom. The van der Waals surface area contributed by atoms with Gasteiger partial charge in [0.2, 0.25) is 10.0 Å². The largest absolute Gasteiger partial charge is 0.242 e. The van der Waals surface area contributed by atoms with Gasteiger partial charge in [0.1, 0.15) is 4.90 Å². The number of nitrogens with one attached hydrogen (secondary N) is 1. The Hall–Kier alpha value is -0.340. The van der Waals surface area contributed by atoms with E-state index in [4.69, 9.17) is 23.2 Å². The topological polar surface area (TPSA) is 80.3 Å². The molecule has 1 aliphatic heterocycles. The normalized spacial score (nSPS) is 24.6. The van der Waals surface area contributed by atoms with Crippen molar-refractivity contribution in [3.63, 3.8) is 0 Å². The number of hydrogen-bond acceptors (Lipinski definition) is 4. The van der Waals surface area contributed by atoms with E-state index in [1.54, 1.807) is 26.8 Å². The van der Waals surface area contributed by atoms with Crippen LogP contribution in [0.1, 0.15) is 24.5 Å². The van der Waals surface area contributed by atoms with Crippen LogP contribution in [0, 0.1) is 13.8 Å². The minimum Gasteiger partial charge on any atom is -0.229 e.